The number of aromatic nitrogens is 2. The fourth-order valence-electron chi connectivity index (χ4n) is 1.68. The molecule has 0 radical (unpaired) electrons. The van der Waals surface area contributed by atoms with Crippen molar-refractivity contribution < 1.29 is 4.74 Å². The van der Waals surface area contributed by atoms with E-state index in [0.717, 1.165) is 11.4 Å². The summed E-state index contributed by atoms with van der Waals surface area (Å²) in [5, 5.41) is 3.40. The highest BCUT2D eigenvalue weighted by molar-refractivity contribution is 6.28. The molecule has 19 heavy (non-hydrogen) atoms. The van der Waals surface area contributed by atoms with E-state index in [-0.39, 0.29) is 5.28 Å². The fraction of sp³-hybridized carbons (Fsp3) is 0.286. The van der Waals surface area contributed by atoms with Crippen LogP contribution >= 0.6 is 11.6 Å². The van der Waals surface area contributed by atoms with Gasteiger partial charge in [-0.2, -0.15) is 0 Å². The van der Waals surface area contributed by atoms with Crippen molar-refractivity contribution in [3.63, 3.8) is 0 Å². The number of nitrogens with one attached hydrogen (secondary N) is 1. The molecule has 1 heterocycles. The third-order valence-corrected chi connectivity index (χ3v) is 2.66. The standard InChI is InChI=1S/C14H16ClN3O/c1-10-4-3-5-12(8-10)19-7-6-16-13-9-11(2)17-14(15)18-13/h3-5,8-9H,6-7H2,1-2H3,(H,16,17,18). The highest BCUT2D eigenvalue weighted by atomic mass is 35.5. The molecule has 0 saturated heterocycles. The van der Waals surface area contributed by atoms with Crippen LogP contribution in [0.4, 0.5) is 5.82 Å². The Morgan fingerprint density at radius 3 is 2.79 bits per heavy atom. The van der Waals surface area contributed by atoms with Crippen molar-refractivity contribution >= 4 is 17.4 Å². The van der Waals surface area contributed by atoms with Crippen LogP contribution in [0.5, 0.6) is 5.75 Å². The van der Waals surface area contributed by atoms with Crippen LogP contribution in [0.15, 0.2) is 30.3 Å². The summed E-state index contributed by atoms with van der Waals surface area (Å²) in [6, 6.07) is 9.81. The number of aryl methyl sites for hydroxylation is 2. The normalized spacial score (nSPS) is 10.3. The van der Waals surface area contributed by atoms with Crippen molar-refractivity contribution in [3.05, 3.63) is 46.9 Å². The summed E-state index contributed by atoms with van der Waals surface area (Å²) in [6.45, 7) is 5.13. The third kappa shape index (κ3) is 4.41. The van der Waals surface area contributed by atoms with Gasteiger partial charge in [-0.1, -0.05) is 12.1 Å². The van der Waals surface area contributed by atoms with E-state index < -0.39 is 0 Å². The molecule has 0 unspecified atom stereocenters. The molecule has 4 nitrogen and oxygen atoms in total. The van der Waals surface area contributed by atoms with Gasteiger partial charge in [-0.25, -0.2) is 9.97 Å². The number of benzene rings is 1. The smallest absolute Gasteiger partial charge is 0.224 e. The molecule has 2 rings (SSSR count). The van der Waals surface area contributed by atoms with Crippen LogP contribution in [0.3, 0.4) is 0 Å². The number of nitrogens with zero attached hydrogens (tertiary/aromatic N) is 2. The zero-order chi connectivity index (χ0) is 13.7. The first-order valence-electron chi connectivity index (χ1n) is 6.08. The summed E-state index contributed by atoms with van der Waals surface area (Å²) in [6.07, 6.45) is 0. The van der Waals surface area contributed by atoms with Crippen LogP contribution in [0.2, 0.25) is 5.28 Å². The first-order chi connectivity index (χ1) is 9.13. The minimum Gasteiger partial charge on any atom is -0.492 e. The van der Waals surface area contributed by atoms with Gasteiger partial charge in [0.05, 0.1) is 6.54 Å². The number of hydrogen-bond acceptors (Lipinski definition) is 4. The molecule has 1 N–H and O–H groups in total. The van der Waals surface area contributed by atoms with Gasteiger partial charge < -0.3 is 10.1 Å². The van der Waals surface area contributed by atoms with Crippen molar-refractivity contribution in [1.82, 2.24) is 9.97 Å². The number of halogens is 1. The van der Waals surface area contributed by atoms with E-state index >= 15 is 0 Å². The Morgan fingerprint density at radius 1 is 1.21 bits per heavy atom. The Morgan fingerprint density at radius 2 is 2.05 bits per heavy atom. The third-order valence-electron chi connectivity index (χ3n) is 2.49. The molecule has 2 aromatic rings. The van der Waals surface area contributed by atoms with Gasteiger partial charge in [0.2, 0.25) is 5.28 Å². The van der Waals surface area contributed by atoms with Crippen molar-refractivity contribution in [1.29, 1.82) is 0 Å². The van der Waals surface area contributed by atoms with E-state index in [1.165, 1.54) is 5.56 Å². The first-order valence-corrected chi connectivity index (χ1v) is 6.46. The number of hydrogen-bond donors (Lipinski definition) is 1. The Balaban J connectivity index is 1.80. The molecule has 0 bridgehead atoms. The molecule has 0 amide bonds. The van der Waals surface area contributed by atoms with Crippen molar-refractivity contribution in [2.24, 2.45) is 0 Å². The summed E-state index contributed by atoms with van der Waals surface area (Å²) in [5.74, 6) is 1.59. The highest BCUT2D eigenvalue weighted by Gasteiger charge is 1.99. The largest absolute Gasteiger partial charge is 0.492 e. The van der Waals surface area contributed by atoms with Crippen LogP contribution in [0.25, 0.3) is 0 Å². The number of rotatable bonds is 5. The molecule has 0 atom stereocenters. The van der Waals surface area contributed by atoms with Gasteiger partial charge in [-0.05, 0) is 43.1 Å². The van der Waals surface area contributed by atoms with Crippen molar-refractivity contribution in [2.45, 2.75) is 13.8 Å². The SMILES string of the molecule is Cc1cccc(OCCNc2cc(C)nc(Cl)n2)c1. The van der Waals surface area contributed by atoms with Crippen LogP contribution in [0.1, 0.15) is 11.3 Å². The fourth-order valence-corrected chi connectivity index (χ4v) is 1.90. The van der Waals surface area contributed by atoms with Gasteiger partial charge in [0.25, 0.3) is 0 Å². The Kier molecular flexibility index (Phi) is 4.58. The lowest BCUT2D eigenvalue weighted by Gasteiger charge is -2.09. The van der Waals surface area contributed by atoms with E-state index in [1.807, 2.05) is 44.2 Å². The second-order valence-electron chi connectivity index (χ2n) is 4.26. The lowest BCUT2D eigenvalue weighted by Crippen LogP contribution is -2.12. The second-order valence-corrected chi connectivity index (χ2v) is 4.59. The molecule has 0 spiro atoms. The van der Waals surface area contributed by atoms with Crippen molar-refractivity contribution in [3.8, 4) is 5.75 Å². The summed E-state index contributed by atoms with van der Waals surface area (Å²) in [5.41, 5.74) is 2.02. The molecule has 1 aromatic carbocycles. The van der Waals surface area contributed by atoms with Gasteiger partial charge in [-0.15, -0.1) is 0 Å². The second kappa shape index (κ2) is 6.38. The maximum Gasteiger partial charge on any atom is 0.224 e. The minimum absolute atomic E-state index is 0.252. The van der Waals surface area contributed by atoms with Gasteiger partial charge >= 0.3 is 0 Å². The summed E-state index contributed by atoms with van der Waals surface area (Å²) in [7, 11) is 0. The average Bonchev–Trinajstić information content (AvgIpc) is 2.34. The molecular formula is C14H16ClN3O. The highest BCUT2D eigenvalue weighted by Crippen LogP contribution is 2.12. The van der Waals surface area contributed by atoms with Crippen LogP contribution in [0, 0.1) is 13.8 Å². The maximum atomic E-state index is 5.78. The topological polar surface area (TPSA) is 47.0 Å². The Hall–Kier alpha value is -1.81. The van der Waals surface area contributed by atoms with Gasteiger partial charge in [-0.3, -0.25) is 0 Å². The van der Waals surface area contributed by atoms with E-state index in [4.69, 9.17) is 16.3 Å². The maximum absolute atomic E-state index is 5.78. The average molecular weight is 278 g/mol. The summed E-state index contributed by atoms with van der Waals surface area (Å²) < 4.78 is 5.63. The molecule has 5 heteroatoms. The molecule has 1 aromatic heterocycles. The monoisotopic (exact) mass is 277 g/mol. The molecule has 0 aliphatic carbocycles. The predicted octanol–water partition coefficient (Wildman–Crippen LogP) is 3.24. The quantitative estimate of drug-likeness (QED) is 0.673. The Labute approximate surface area is 117 Å². The van der Waals surface area contributed by atoms with Crippen LogP contribution in [-0.4, -0.2) is 23.1 Å². The van der Waals surface area contributed by atoms with Gasteiger partial charge in [0.1, 0.15) is 18.2 Å². The number of anilines is 1. The van der Waals surface area contributed by atoms with E-state index in [1.54, 1.807) is 0 Å². The number of ether oxygens (including phenoxy) is 1. The minimum atomic E-state index is 0.252. The van der Waals surface area contributed by atoms with Gasteiger partial charge in [0, 0.05) is 11.8 Å². The van der Waals surface area contributed by atoms with E-state index in [0.29, 0.717) is 19.0 Å². The van der Waals surface area contributed by atoms with E-state index in [9.17, 15) is 0 Å². The zero-order valence-electron chi connectivity index (χ0n) is 11.0. The molecule has 0 aliphatic rings. The predicted molar refractivity (Wildman–Crippen MR) is 76.9 cm³/mol. The molecule has 0 aliphatic heterocycles. The molecule has 0 fully saturated rings. The van der Waals surface area contributed by atoms with E-state index in [2.05, 4.69) is 15.3 Å². The van der Waals surface area contributed by atoms with Crippen LogP contribution in [-0.2, 0) is 0 Å². The zero-order valence-corrected chi connectivity index (χ0v) is 11.7. The van der Waals surface area contributed by atoms with Crippen LogP contribution < -0.4 is 10.1 Å². The molecule has 100 valence electrons. The van der Waals surface area contributed by atoms with Gasteiger partial charge in [0.15, 0.2) is 0 Å². The Bertz CT molecular complexity index is 540. The first kappa shape index (κ1) is 13.6. The molecular weight excluding hydrogens is 262 g/mol. The molecule has 0 saturated carbocycles. The van der Waals surface area contributed by atoms with Crippen molar-refractivity contribution in [2.75, 3.05) is 18.5 Å². The lowest BCUT2D eigenvalue weighted by atomic mass is 10.2. The lowest BCUT2D eigenvalue weighted by molar-refractivity contribution is 0.332. The summed E-state index contributed by atoms with van der Waals surface area (Å²) in [4.78, 5) is 8.08. The summed E-state index contributed by atoms with van der Waals surface area (Å²) >= 11 is 5.78.